The summed E-state index contributed by atoms with van der Waals surface area (Å²) in [6, 6.07) is 12.6. The van der Waals surface area contributed by atoms with E-state index < -0.39 is 24.5 Å². The van der Waals surface area contributed by atoms with Crippen molar-refractivity contribution in [3.63, 3.8) is 0 Å². The van der Waals surface area contributed by atoms with Crippen molar-refractivity contribution in [1.29, 1.82) is 0 Å². The molecule has 2 aromatic carbocycles. The molecule has 0 aliphatic heterocycles. The van der Waals surface area contributed by atoms with E-state index in [2.05, 4.69) is 15.6 Å². The Morgan fingerprint density at radius 2 is 1.86 bits per heavy atom. The van der Waals surface area contributed by atoms with Crippen molar-refractivity contribution < 1.29 is 19.1 Å². The van der Waals surface area contributed by atoms with Crippen LogP contribution in [0.15, 0.2) is 42.5 Å². The number of imide groups is 1. The van der Waals surface area contributed by atoms with Gasteiger partial charge in [0, 0.05) is 12.1 Å². The summed E-state index contributed by atoms with van der Waals surface area (Å²) < 4.78 is 6.00. The Hall–Kier alpha value is -3.26. The lowest BCUT2D eigenvalue weighted by atomic mass is 10.1. The van der Waals surface area contributed by atoms with Gasteiger partial charge < -0.3 is 10.1 Å². The van der Waals surface area contributed by atoms with Crippen LogP contribution in [-0.2, 0) is 20.7 Å². The molecule has 0 unspecified atom stereocenters. The number of nitrogens with one attached hydrogen (secondary N) is 2. The van der Waals surface area contributed by atoms with Gasteiger partial charge in [0.25, 0.3) is 5.91 Å². The predicted molar refractivity (Wildman–Crippen MR) is 112 cm³/mol. The maximum Gasteiger partial charge on any atom is 0.325 e. The number of aromatic nitrogens is 1. The van der Waals surface area contributed by atoms with Crippen molar-refractivity contribution >= 4 is 45.1 Å². The van der Waals surface area contributed by atoms with Crippen LogP contribution < -0.4 is 10.6 Å². The highest BCUT2D eigenvalue weighted by Gasteiger charge is 2.13. The Morgan fingerprint density at radius 3 is 2.66 bits per heavy atom. The van der Waals surface area contributed by atoms with E-state index in [-0.39, 0.29) is 6.42 Å². The molecular weight excluding hydrogens is 390 g/mol. The highest BCUT2D eigenvalue weighted by Crippen LogP contribution is 2.22. The summed E-state index contributed by atoms with van der Waals surface area (Å²) in [6.45, 7) is 3.29. The minimum Gasteiger partial charge on any atom is -0.456 e. The number of thiazole rings is 1. The molecule has 1 aromatic heterocycles. The molecule has 0 radical (unpaired) electrons. The van der Waals surface area contributed by atoms with Gasteiger partial charge in [0.1, 0.15) is 0 Å². The fourth-order valence-electron chi connectivity index (χ4n) is 2.66. The molecule has 3 amide bonds. The summed E-state index contributed by atoms with van der Waals surface area (Å²) in [5.74, 6) is -1.21. The quantitative estimate of drug-likeness (QED) is 0.602. The van der Waals surface area contributed by atoms with E-state index in [1.165, 1.54) is 11.3 Å². The molecule has 0 aliphatic rings. The lowest BCUT2D eigenvalue weighted by Crippen LogP contribution is -2.37. The molecule has 1 heterocycles. The smallest absolute Gasteiger partial charge is 0.325 e. The van der Waals surface area contributed by atoms with Crippen LogP contribution in [0.25, 0.3) is 10.2 Å². The van der Waals surface area contributed by atoms with Crippen LogP contribution in [0.3, 0.4) is 0 Å². The van der Waals surface area contributed by atoms with Gasteiger partial charge in [-0.05, 0) is 43.2 Å². The number of urea groups is 1. The first-order valence-corrected chi connectivity index (χ1v) is 9.91. The molecule has 8 heteroatoms. The lowest BCUT2D eigenvalue weighted by Gasteiger charge is -2.11. The standard InChI is InChI=1S/C21H21N3O4S/c1-13-6-5-8-15(14(13)2)23-21(27)24-18(25)12-28-20(26)11-10-19-22-16-7-3-4-9-17(16)29-19/h3-9H,10-12H2,1-2H3,(H2,23,24,25,27). The Labute approximate surface area is 172 Å². The Morgan fingerprint density at radius 1 is 1.07 bits per heavy atom. The SMILES string of the molecule is Cc1cccc(NC(=O)NC(=O)COC(=O)CCc2nc3ccccc3s2)c1C. The number of carbonyl (C=O) groups is 3. The zero-order valence-corrected chi connectivity index (χ0v) is 17.0. The number of rotatable bonds is 6. The second-order valence-corrected chi connectivity index (χ2v) is 7.60. The largest absolute Gasteiger partial charge is 0.456 e. The zero-order chi connectivity index (χ0) is 20.8. The van der Waals surface area contributed by atoms with Crippen molar-refractivity contribution in [2.45, 2.75) is 26.7 Å². The van der Waals surface area contributed by atoms with Crippen molar-refractivity contribution in [3.05, 3.63) is 58.6 Å². The summed E-state index contributed by atoms with van der Waals surface area (Å²) in [7, 11) is 0. The Balaban J connectivity index is 1.40. The normalized spacial score (nSPS) is 10.6. The van der Waals surface area contributed by atoms with E-state index in [1.54, 1.807) is 6.07 Å². The van der Waals surface area contributed by atoms with Crippen LogP contribution in [0.1, 0.15) is 22.6 Å². The number of hydrogen-bond donors (Lipinski definition) is 2. The number of ether oxygens (including phenoxy) is 1. The number of aryl methyl sites for hydroxylation is 2. The molecular formula is C21H21N3O4S. The molecule has 150 valence electrons. The molecule has 0 atom stereocenters. The summed E-state index contributed by atoms with van der Waals surface area (Å²) in [5.41, 5.74) is 3.45. The number of fused-ring (bicyclic) bond motifs is 1. The molecule has 0 spiro atoms. The molecule has 0 fully saturated rings. The highest BCUT2D eigenvalue weighted by molar-refractivity contribution is 7.18. The second-order valence-electron chi connectivity index (χ2n) is 6.49. The number of anilines is 1. The summed E-state index contributed by atoms with van der Waals surface area (Å²) in [6.07, 6.45) is 0.550. The van der Waals surface area contributed by atoms with Gasteiger partial charge in [0.05, 0.1) is 21.6 Å². The Kier molecular flexibility index (Phi) is 6.56. The summed E-state index contributed by atoms with van der Waals surface area (Å²) in [5, 5.41) is 5.59. The van der Waals surface area contributed by atoms with Crippen LogP contribution in [0, 0.1) is 13.8 Å². The summed E-state index contributed by atoms with van der Waals surface area (Å²) in [4.78, 5) is 40.1. The number of hydrogen-bond acceptors (Lipinski definition) is 6. The highest BCUT2D eigenvalue weighted by atomic mass is 32.1. The molecule has 0 saturated heterocycles. The van der Waals surface area contributed by atoms with E-state index in [1.807, 2.05) is 50.2 Å². The molecule has 0 bridgehead atoms. The monoisotopic (exact) mass is 411 g/mol. The van der Waals surface area contributed by atoms with Gasteiger partial charge in [-0.25, -0.2) is 9.78 Å². The van der Waals surface area contributed by atoms with Gasteiger partial charge in [0.15, 0.2) is 6.61 Å². The molecule has 0 saturated carbocycles. The van der Waals surface area contributed by atoms with Crippen LogP contribution in [0.2, 0.25) is 0 Å². The maximum atomic E-state index is 11.9. The first-order valence-electron chi connectivity index (χ1n) is 9.09. The number of carbonyl (C=O) groups excluding carboxylic acids is 3. The molecule has 0 aliphatic carbocycles. The van der Waals surface area contributed by atoms with Crippen molar-refractivity contribution in [3.8, 4) is 0 Å². The number of para-hydroxylation sites is 1. The van der Waals surface area contributed by atoms with Crippen LogP contribution in [-0.4, -0.2) is 29.5 Å². The van der Waals surface area contributed by atoms with Gasteiger partial charge >= 0.3 is 12.0 Å². The van der Waals surface area contributed by atoms with E-state index in [9.17, 15) is 14.4 Å². The summed E-state index contributed by atoms with van der Waals surface area (Å²) >= 11 is 1.52. The lowest BCUT2D eigenvalue weighted by molar-refractivity contribution is -0.148. The average molecular weight is 411 g/mol. The third-order valence-electron chi connectivity index (χ3n) is 4.35. The van der Waals surface area contributed by atoms with Crippen LogP contribution in [0.5, 0.6) is 0 Å². The van der Waals surface area contributed by atoms with Crippen molar-refractivity contribution in [1.82, 2.24) is 10.3 Å². The molecule has 7 nitrogen and oxygen atoms in total. The number of benzene rings is 2. The van der Waals surface area contributed by atoms with Gasteiger partial charge in [-0.15, -0.1) is 11.3 Å². The minimum atomic E-state index is -0.693. The van der Waals surface area contributed by atoms with E-state index in [0.29, 0.717) is 12.1 Å². The molecule has 29 heavy (non-hydrogen) atoms. The van der Waals surface area contributed by atoms with E-state index >= 15 is 0 Å². The second kappa shape index (κ2) is 9.29. The van der Waals surface area contributed by atoms with Gasteiger partial charge in [0.2, 0.25) is 0 Å². The number of amides is 3. The van der Waals surface area contributed by atoms with Gasteiger partial charge in [-0.1, -0.05) is 24.3 Å². The Bertz CT molecular complexity index is 1030. The van der Waals surface area contributed by atoms with Crippen molar-refractivity contribution in [2.75, 3.05) is 11.9 Å². The predicted octanol–water partition coefficient (Wildman–Crippen LogP) is 3.74. The minimum absolute atomic E-state index is 0.113. The fraction of sp³-hybridized carbons (Fsp3) is 0.238. The molecule has 2 N–H and O–H groups in total. The molecule has 3 rings (SSSR count). The third-order valence-corrected chi connectivity index (χ3v) is 5.45. The van der Waals surface area contributed by atoms with Crippen molar-refractivity contribution in [2.24, 2.45) is 0 Å². The first-order chi connectivity index (χ1) is 13.9. The van der Waals surface area contributed by atoms with E-state index in [4.69, 9.17) is 4.74 Å². The van der Waals surface area contributed by atoms with Gasteiger partial charge in [-0.2, -0.15) is 0 Å². The fourth-order valence-corrected chi connectivity index (χ4v) is 3.62. The first kappa shape index (κ1) is 20.5. The maximum absolute atomic E-state index is 11.9. The number of nitrogens with zero attached hydrogens (tertiary/aromatic N) is 1. The zero-order valence-electron chi connectivity index (χ0n) is 16.2. The average Bonchev–Trinajstić information content (AvgIpc) is 3.11. The number of esters is 1. The van der Waals surface area contributed by atoms with Crippen LogP contribution >= 0.6 is 11.3 Å². The van der Waals surface area contributed by atoms with E-state index in [0.717, 1.165) is 26.4 Å². The molecule has 3 aromatic rings. The topological polar surface area (TPSA) is 97.4 Å². The van der Waals surface area contributed by atoms with Gasteiger partial charge in [-0.3, -0.25) is 14.9 Å². The van der Waals surface area contributed by atoms with Crippen LogP contribution in [0.4, 0.5) is 10.5 Å². The third kappa shape index (κ3) is 5.61.